The van der Waals surface area contributed by atoms with Crippen LogP contribution in [0, 0.1) is 0 Å². The van der Waals surface area contributed by atoms with Gasteiger partial charge < -0.3 is 4.74 Å². The number of carbonyl (C=O) groups excluding carboxylic acids is 1. The molecule has 0 saturated carbocycles. The lowest BCUT2D eigenvalue weighted by Gasteiger charge is -2.03. The molecule has 0 amide bonds. The van der Waals surface area contributed by atoms with Crippen molar-refractivity contribution in [2.75, 3.05) is 6.61 Å². The van der Waals surface area contributed by atoms with Crippen LogP contribution in [0.3, 0.4) is 0 Å². The fourth-order valence-electron chi connectivity index (χ4n) is 1.48. The zero-order chi connectivity index (χ0) is 10.8. The summed E-state index contributed by atoms with van der Waals surface area (Å²) in [4.78, 5) is 11.6. The molecule has 0 aliphatic heterocycles. The lowest BCUT2D eigenvalue weighted by Crippen LogP contribution is -2.11. The second-order valence-corrected chi connectivity index (χ2v) is 3.91. The molecule has 0 fully saturated rings. The molecule has 15 heavy (non-hydrogen) atoms. The summed E-state index contributed by atoms with van der Waals surface area (Å²) in [6.45, 7) is 2.17. The number of ether oxygens (including phenoxy) is 1. The molecule has 0 N–H and O–H groups in total. The molecular weight excluding hydrogens is 258 g/mol. The Balaban J connectivity index is 2.54. The summed E-state index contributed by atoms with van der Waals surface area (Å²) >= 11 is 3.43. The molecule has 3 nitrogen and oxygen atoms in total. The number of carbonyl (C=O) groups is 1. The summed E-state index contributed by atoms with van der Waals surface area (Å²) in [6.07, 6.45) is 1.37. The number of halogens is 1. The first-order valence-electron chi connectivity index (χ1n) is 4.66. The predicted octanol–water partition coefficient (Wildman–Crippen LogP) is 3.41. The quantitative estimate of drug-likeness (QED) is 0.793. The fourth-order valence-corrected chi connectivity index (χ4v) is 1.97. The van der Waals surface area contributed by atoms with Gasteiger partial charge in [0.25, 0.3) is 0 Å². The molecule has 0 spiro atoms. The summed E-state index contributed by atoms with van der Waals surface area (Å²) in [5.74, 6) is 0. The van der Waals surface area contributed by atoms with Crippen LogP contribution in [0.4, 0.5) is 4.79 Å². The molecule has 4 heteroatoms. The minimum atomic E-state index is -0.342. The Morgan fingerprint density at radius 1 is 1.47 bits per heavy atom. The van der Waals surface area contributed by atoms with Crippen molar-refractivity contribution in [3.8, 4) is 0 Å². The van der Waals surface area contributed by atoms with E-state index in [0.717, 1.165) is 15.4 Å². The van der Waals surface area contributed by atoms with Crippen molar-refractivity contribution in [2.45, 2.75) is 6.92 Å². The molecule has 78 valence electrons. The van der Waals surface area contributed by atoms with Gasteiger partial charge in [0.2, 0.25) is 0 Å². The normalized spacial score (nSPS) is 10.5. The molecule has 0 unspecified atom stereocenters. The van der Waals surface area contributed by atoms with Gasteiger partial charge in [-0.15, -0.1) is 0 Å². The van der Waals surface area contributed by atoms with Crippen molar-refractivity contribution in [2.24, 2.45) is 0 Å². The van der Waals surface area contributed by atoms with Gasteiger partial charge in [-0.3, -0.25) is 4.57 Å². The average Bonchev–Trinajstić information content (AvgIpc) is 2.63. The van der Waals surface area contributed by atoms with E-state index in [-0.39, 0.29) is 6.09 Å². The van der Waals surface area contributed by atoms with Crippen molar-refractivity contribution in [3.05, 3.63) is 34.9 Å². The molecule has 0 atom stereocenters. The molecular formula is C11H10BrNO2. The van der Waals surface area contributed by atoms with Crippen LogP contribution in [-0.2, 0) is 4.74 Å². The number of hydrogen-bond donors (Lipinski definition) is 0. The van der Waals surface area contributed by atoms with Gasteiger partial charge in [-0.05, 0) is 25.1 Å². The molecule has 0 radical (unpaired) electrons. The Kier molecular flexibility index (Phi) is 2.77. The first kappa shape index (κ1) is 10.2. The number of aromatic nitrogens is 1. The van der Waals surface area contributed by atoms with Gasteiger partial charge in [-0.1, -0.05) is 22.0 Å². The summed E-state index contributed by atoms with van der Waals surface area (Å²) < 4.78 is 7.42. The zero-order valence-electron chi connectivity index (χ0n) is 8.24. The standard InChI is InChI=1S/C11H10BrNO2/c1-2-15-11(14)13-7-6-8-9(12)4-3-5-10(8)13/h3-7H,2H2,1H3. The lowest BCUT2D eigenvalue weighted by molar-refractivity contribution is 0.155. The van der Waals surface area contributed by atoms with Crippen LogP contribution in [-0.4, -0.2) is 17.3 Å². The third kappa shape index (κ3) is 1.77. The van der Waals surface area contributed by atoms with E-state index in [1.807, 2.05) is 24.3 Å². The van der Waals surface area contributed by atoms with E-state index in [4.69, 9.17) is 4.74 Å². The Morgan fingerprint density at radius 2 is 2.27 bits per heavy atom. The Labute approximate surface area is 95.8 Å². The predicted molar refractivity (Wildman–Crippen MR) is 62.1 cm³/mol. The van der Waals surface area contributed by atoms with E-state index in [9.17, 15) is 4.79 Å². The highest BCUT2D eigenvalue weighted by Crippen LogP contribution is 2.24. The first-order chi connectivity index (χ1) is 7.24. The number of benzene rings is 1. The number of rotatable bonds is 1. The maximum Gasteiger partial charge on any atom is 0.418 e. The fraction of sp³-hybridized carbons (Fsp3) is 0.182. The number of fused-ring (bicyclic) bond motifs is 1. The van der Waals surface area contributed by atoms with Crippen molar-refractivity contribution < 1.29 is 9.53 Å². The van der Waals surface area contributed by atoms with E-state index in [0.29, 0.717) is 6.61 Å². The van der Waals surface area contributed by atoms with Crippen LogP contribution in [0.2, 0.25) is 0 Å². The van der Waals surface area contributed by atoms with Crippen molar-refractivity contribution >= 4 is 32.9 Å². The molecule has 0 bridgehead atoms. The topological polar surface area (TPSA) is 31.2 Å². The summed E-state index contributed by atoms with van der Waals surface area (Å²) in [5.41, 5.74) is 0.850. The molecule has 2 aromatic rings. The maximum atomic E-state index is 11.6. The molecule has 0 aliphatic carbocycles. The second kappa shape index (κ2) is 4.06. The van der Waals surface area contributed by atoms with Gasteiger partial charge in [0.05, 0.1) is 12.1 Å². The highest BCUT2D eigenvalue weighted by atomic mass is 79.9. The van der Waals surface area contributed by atoms with Crippen molar-refractivity contribution in [1.82, 2.24) is 4.57 Å². The van der Waals surface area contributed by atoms with Crippen LogP contribution in [0.15, 0.2) is 34.9 Å². The molecule has 0 aliphatic rings. The zero-order valence-corrected chi connectivity index (χ0v) is 9.82. The highest BCUT2D eigenvalue weighted by Gasteiger charge is 2.10. The average molecular weight is 268 g/mol. The van der Waals surface area contributed by atoms with E-state index in [2.05, 4.69) is 15.9 Å². The van der Waals surface area contributed by atoms with E-state index in [1.54, 1.807) is 13.1 Å². The second-order valence-electron chi connectivity index (χ2n) is 3.06. The Morgan fingerprint density at radius 3 is 3.00 bits per heavy atom. The van der Waals surface area contributed by atoms with Gasteiger partial charge in [-0.2, -0.15) is 0 Å². The Bertz CT molecular complexity index is 504. The van der Waals surface area contributed by atoms with Crippen LogP contribution in [0.5, 0.6) is 0 Å². The summed E-state index contributed by atoms with van der Waals surface area (Å²) in [5, 5.41) is 1.01. The molecule has 1 aromatic heterocycles. The van der Waals surface area contributed by atoms with E-state index < -0.39 is 0 Å². The molecule has 1 heterocycles. The third-order valence-corrected chi connectivity index (χ3v) is 2.84. The maximum absolute atomic E-state index is 11.6. The molecule has 0 saturated heterocycles. The van der Waals surface area contributed by atoms with Crippen LogP contribution in [0.25, 0.3) is 10.9 Å². The molecule has 1 aromatic carbocycles. The highest BCUT2D eigenvalue weighted by molar-refractivity contribution is 9.10. The SMILES string of the molecule is CCOC(=O)n1ccc2c(Br)cccc21. The van der Waals surface area contributed by atoms with Gasteiger partial charge in [0.1, 0.15) is 0 Å². The molecule has 2 rings (SSSR count). The van der Waals surface area contributed by atoms with E-state index in [1.165, 1.54) is 4.57 Å². The third-order valence-electron chi connectivity index (χ3n) is 2.14. The monoisotopic (exact) mass is 267 g/mol. The Hall–Kier alpha value is -1.29. The van der Waals surface area contributed by atoms with Gasteiger partial charge in [0, 0.05) is 16.1 Å². The minimum Gasteiger partial charge on any atom is -0.449 e. The van der Waals surface area contributed by atoms with Crippen LogP contribution in [0.1, 0.15) is 6.92 Å². The largest absolute Gasteiger partial charge is 0.449 e. The smallest absolute Gasteiger partial charge is 0.418 e. The van der Waals surface area contributed by atoms with Gasteiger partial charge in [-0.25, -0.2) is 4.79 Å². The summed E-state index contributed by atoms with van der Waals surface area (Å²) in [6, 6.07) is 7.60. The van der Waals surface area contributed by atoms with Gasteiger partial charge in [0.15, 0.2) is 0 Å². The number of hydrogen-bond acceptors (Lipinski definition) is 2. The first-order valence-corrected chi connectivity index (χ1v) is 5.46. The van der Waals surface area contributed by atoms with Crippen molar-refractivity contribution in [1.29, 1.82) is 0 Å². The minimum absolute atomic E-state index is 0.342. The van der Waals surface area contributed by atoms with Crippen molar-refractivity contribution in [3.63, 3.8) is 0 Å². The van der Waals surface area contributed by atoms with E-state index >= 15 is 0 Å². The summed E-state index contributed by atoms with van der Waals surface area (Å²) in [7, 11) is 0. The van der Waals surface area contributed by atoms with Gasteiger partial charge >= 0.3 is 6.09 Å². The van der Waals surface area contributed by atoms with Crippen LogP contribution < -0.4 is 0 Å². The van der Waals surface area contributed by atoms with Crippen LogP contribution >= 0.6 is 15.9 Å². The number of nitrogens with zero attached hydrogens (tertiary/aromatic N) is 1. The lowest BCUT2D eigenvalue weighted by atomic mass is 10.2.